The molecule has 0 aliphatic rings. The van der Waals surface area contributed by atoms with Crippen LogP contribution in [0.25, 0.3) is 0 Å². The molecule has 1 atom stereocenters. The molecule has 0 fully saturated rings. The Morgan fingerprint density at radius 1 is 1.10 bits per heavy atom. The number of halogens is 1. The highest BCUT2D eigenvalue weighted by Crippen LogP contribution is 2.36. The van der Waals surface area contributed by atoms with E-state index in [2.05, 4.69) is 49.8 Å². The van der Waals surface area contributed by atoms with Gasteiger partial charge in [-0.25, -0.2) is 0 Å². The van der Waals surface area contributed by atoms with Crippen LogP contribution in [0, 0.1) is 0 Å². The minimum absolute atomic E-state index is 0.162. The molecular weight excluding hydrogens is 450 g/mol. The summed E-state index contributed by atoms with van der Waals surface area (Å²) in [6.07, 6.45) is -0.704. The summed E-state index contributed by atoms with van der Waals surface area (Å²) in [7, 11) is -1.71. The van der Waals surface area contributed by atoms with Crippen molar-refractivity contribution in [1.82, 2.24) is 5.32 Å². The quantitative estimate of drug-likeness (QED) is 0.266. The molecular formula is C22H34ClN3O3SSi. The molecule has 1 heterocycles. The lowest BCUT2D eigenvalue weighted by atomic mass is 10.2. The summed E-state index contributed by atoms with van der Waals surface area (Å²) in [6, 6.07) is 11.2. The number of rotatable bonds is 11. The summed E-state index contributed by atoms with van der Waals surface area (Å²) in [5, 5.41) is 19.6. The van der Waals surface area contributed by atoms with Crippen LogP contribution in [0.2, 0.25) is 22.5 Å². The van der Waals surface area contributed by atoms with Gasteiger partial charge in [-0.2, -0.15) is 0 Å². The Labute approximate surface area is 195 Å². The average molecular weight is 484 g/mol. The predicted molar refractivity (Wildman–Crippen MR) is 134 cm³/mol. The zero-order valence-electron chi connectivity index (χ0n) is 18.9. The summed E-state index contributed by atoms with van der Waals surface area (Å²) in [5.41, 5.74) is 1.92. The molecule has 2 rings (SSSR count). The number of amides is 1. The fourth-order valence-electron chi connectivity index (χ4n) is 2.47. The third-order valence-corrected chi connectivity index (χ3v) is 11.2. The SMILES string of the molecule is CC(C)(C)[Si](C)(C)OCCNc1ccc(NC[C@H](O)CNC(=O)c2ccc(Cl)s2)cc1. The van der Waals surface area contributed by atoms with Crippen molar-refractivity contribution in [3.8, 4) is 0 Å². The highest BCUT2D eigenvalue weighted by atomic mass is 35.5. The summed E-state index contributed by atoms with van der Waals surface area (Å²) in [6.45, 7) is 13.2. The fourth-order valence-corrected chi connectivity index (χ4v) is 4.47. The van der Waals surface area contributed by atoms with Crippen LogP contribution >= 0.6 is 22.9 Å². The van der Waals surface area contributed by atoms with Gasteiger partial charge in [0.2, 0.25) is 0 Å². The number of nitrogens with one attached hydrogen (secondary N) is 3. The van der Waals surface area contributed by atoms with Crippen molar-refractivity contribution < 1.29 is 14.3 Å². The molecule has 2 aromatic rings. The van der Waals surface area contributed by atoms with E-state index >= 15 is 0 Å². The summed E-state index contributed by atoms with van der Waals surface area (Å²) in [5.74, 6) is -0.232. The molecule has 31 heavy (non-hydrogen) atoms. The van der Waals surface area contributed by atoms with Crippen molar-refractivity contribution in [2.75, 3.05) is 36.9 Å². The average Bonchev–Trinajstić information content (AvgIpc) is 3.14. The summed E-state index contributed by atoms with van der Waals surface area (Å²) >= 11 is 7.05. The molecule has 6 nitrogen and oxygen atoms in total. The smallest absolute Gasteiger partial charge is 0.261 e. The van der Waals surface area contributed by atoms with Gasteiger partial charge in [0.05, 0.1) is 21.9 Å². The molecule has 0 radical (unpaired) electrons. The number of anilines is 2. The fraction of sp³-hybridized carbons (Fsp3) is 0.500. The molecule has 0 aliphatic heterocycles. The lowest BCUT2D eigenvalue weighted by Crippen LogP contribution is -2.41. The molecule has 172 valence electrons. The highest BCUT2D eigenvalue weighted by molar-refractivity contribution is 7.18. The zero-order chi connectivity index (χ0) is 23.1. The van der Waals surface area contributed by atoms with Gasteiger partial charge in [-0.1, -0.05) is 32.4 Å². The minimum Gasteiger partial charge on any atom is -0.415 e. The van der Waals surface area contributed by atoms with E-state index in [0.29, 0.717) is 22.4 Å². The Hall–Kier alpha value is -1.58. The molecule has 1 aromatic carbocycles. The first kappa shape index (κ1) is 25.7. The molecule has 0 bridgehead atoms. The van der Waals surface area contributed by atoms with E-state index in [1.165, 1.54) is 11.3 Å². The van der Waals surface area contributed by atoms with Crippen molar-refractivity contribution in [2.45, 2.75) is 45.0 Å². The summed E-state index contributed by atoms with van der Waals surface area (Å²) in [4.78, 5) is 12.5. The van der Waals surface area contributed by atoms with Gasteiger partial charge >= 0.3 is 0 Å². The Bertz CT molecular complexity index is 837. The molecule has 4 N–H and O–H groups in total. The first-order chi connectivity index (χ1) is 14.5. The largest absolute Gasteiger partial charge is 0.415 e. The van der Waals surface area contributed by atoms with Crippen LogP contribution in [0.1, 0.15) is 30.4 Å². The van der Waals surface area contributed by atoms with E-state index in [-0.39, 0.29) is 17.5 Å². The van der Waals surface area contributed by atoms with Gasteiger partial charge in [0.1, 0.15) is 0 Å². The third-order valence-electron chi connectivity index (χ3n) is 5.42. The molecule has 0 unspecified atom stereocenters. The number of thiophene rings is 1. The standard InChI is InChI=1S/C22H34ClN3O3SSi/c1-22(2,3)31(4,5)29-13-12-24-16-6-8-17(9-7-16)25-14-18(27)15-26-21(28)19-10-11-20(23)30-19/h6-11,18,24-25,27H,12-15H2,1-5H3,(H,26,28)/t18-/m0/s1. The summed E-state index contributed by atoms with van der Waals surface area (Å²) < 4.78 is 6.74. The first-order valence-electron chi connectivity index (χ1n) is 10.4. The maximum absolute atomic E-state index is 12.0. The van der Waals surface area contributed by atoms with Crippen LogP contribution in [0.5, 0.6) is 0 Å². The van der Waals surface area contributed by atoms with Crippen LogP contribution in [0.3, 0.4) is 0 Å². The number of carbonyl (C=O) groups excluding carboxylic acids is 1. The van der Waals surface area contributed by atoms with Gasteiger partial charge < -0.3 is 25.5 Å². The van der Waals surface area contributed by atoms with Gasteiger partial charge in [0.25, 0.3) is 5.91 Å². The topological polar surface area (TPSA) is 82.6 Å². The van der Waals surface area contributed by atoms with Crippen LogP contribution in [0.15, 0.2) is 36.4 Å². The second kappa shape index (κ2) is 11.3. The van der Waals surface area contributed by atoms with Crippen molar-refractivity contribution in [3.05, 3.63) is 45.6 Å². The van der Waals surface area contributed by atoms with Crippen molar-refractivity contribution in [1.29, 1.82) is 0 Å². The number of benzene rings is 1. The van der Waals surface area contributed by atoms with Crippen LogP contribution < -0.4 is 16.0 Å². The predicted octanol–water partition coefficient (Wildman–Crippen LogP) is 5.04. The Kier molecular flexibility index (Phi) is 9.39. The maximum atomic E-state index is 12.0. The highest BCUT2D eigenvalue weighted by Gasteiger charge is 2.36. The second-order valence-corrected chi connectivity index (χ2v) is 15.5. The number of hydrogen-bond donors (Lipinski definition) is 4. The van der Waals surface area contributed by atoms with E-state index in [9.17, 15) is 9.90 Å². The maximum Gasteiger partial charge on any atom is 0.261 e. The molecule has 0 saturated heterocycles. The lowest BCUT2D eigenvalue weighted by molar-refractivity contribution is 0.0926. The van der Waals surface area contributed by atoms with Crippen LogP contribution in [0.4, 0.5) is 11.4 Å². The monoisotopic (exact) mass is 483 g/mol. The molecule has 1 aromatic heterocycles. The zero-order valence-corrected chi connectivity index (χ0v) is 21.5. The van der Waals surface area contributed by atoms with Gasteiger partial charge in [0, 0.05) is 31.0 Å². The van der Waals surface area contributed by atoms with Gasteiger partial charge in [-0.05, 0) is 54.5 Å². The van der Waals surface area contributed by atoms with Crippen molar-refractivity contribution in [3.63, 3.8) is 0 Å². The van der Waals surface area contributed by atoms with E-state index in [1.54, 1.807) is 12.1 Å². The van der Waals surface area contributed by atoms with E-state index in [4.69, 9.17) is 16.0 Å². The number of carbonyl (C=O) groups is 1. The van der Waals surface area contributed by atoms with Crippen molar-refractivity contribution in [2.24, 2.45) is 0 Å². The van der Waals surface area contributed by atoms with Gasteiger partial charge in [-0.15, -0.1) is 11.3 Å². The van der Waals surface area contributed by atoms with Crippen molar-refractivity contribution >= 4 is 48.5 Å². The van der Waals surface area contributed by atoms with E-state index in [1.807, 2.05) is 24.3 Å². The lowest BCUT2D eigenvalue weighted by Gasteiger charge is -2.36. The number of hydrogen-bond acceptors (Lipinski definition) is 6. The molecule has 0 aliphatic carbocycles. The van der Waals surface area contributed by atoms with Crippen LogP contribution in [-0.4, -0.2) is 51.7 Å². The normalized spacial score (nSPS) is 13.0. The van der Waals surface area contributed by atoms with Gasteiger partial charge in [0.15, 0.2) is 8.32 Å². The number of aliphatic hydroxyl groups is 1. The van der Waals surface area contributed by atoms with Crippen LogP contribution in [-0.2, 0) is 4.43 Å². The van der Waals surface area contributed by atoms with E-state index in [0.717, 1.165) is 17.9 Å². The molecule has 9 heteroatoms. The minimum atomic E-state index is -1.71. The van der Waals surface area contributed by atoms with Gasteiger partial charge in [-0.3, -0.25) is 4.79 Å². The number of aliphatic hydroxyl groups excluding tert-OH is 1. The Balaban J connectivity index is 1.67. The third kappa shape index (κ3) is 8.46. The Morgan fingerprint density at radius 3 is 2.26 bits per heavy atom. The molecule has 0 spiro atoms. The van der Waals surface area contributed by atoms with E-state index < -0.39 is 14.4 Å². The molecule has 0 saturated carbocycles. The molecule has 1 amide bonds. The first-order valence-corrected chi connectivity index (χ1v) is 14.5. The second-order valence-electron chi connectivity index (χ2n) is 8.96. The Morgan fingerprint density at radius 2 is 1.71 bits per heavy atom.